The molecule has 0 unspecified atom stereocenters. The fraction of sp³-hybridized carbons (Fsp3) is 0.636. The van der Waals surface area contributed by atoms with E-state index in [2.05, 4.69) is 14.9 Å². The molecular formula is C11H17N3O. The van der Waals surface area contributed by atoms with Gasteiger partial charge in [-0.3, -0.25) is 0 Å². The average molecular weight is 207 g/mol. The molecule has 4 nitrogen and oxygen atoms in total. The molecule has 0 aliphatic carbocycles. The molecule has 0 bridgehead atoms. The minimum absolute atomic E-state index is 0.265. The zero-order valence-electron chi connectivity index (χ0n) is 9.27. The molecule has 2 rings (SSSR count). The van der Waals surface area contributed by atoms with Crippen LogP contribution in [0.3, 0.4) is 0 Å². The van der Waals surface area contributed by atoms with E-state index in [-0.39, 0.29) is 6.61 Å². The summed E-state index contributed by atoms with van der Waals surface area (Å²) < 4.78 is 0. The molecule has 4 heteroatoms. The zero-order valence-corrected chi connectivity index (χ0v) is 9.27. The lowest BCUT2D eigenvalue weighted by atomic mass is 10.1. The summed E-state index contributed by atoms with van der Waals surface area (Å²) in [5.74, 6) is 1.19. The maximum absolute atomic E-state index is 9.07. The normalized spacial score (nSPS) is 21.0. The Balaban J connectivity index is 2.16. The molecule has 0 aromatic carbocycles. The second-order valence-electron chi connectivity index (χ2n) is 4.23. The number of aryl methyl sites for hydroxylation is 2. The number of anilines is 1. The Morgan fingerprint density at radius 1 is 1.40 bits per heavy atom. The van der Waals surface area contributed by atoms with E-state index in [1.165, 1.54) is 0 Å². The molecule has 15 heavy (non-hydrogen) atoms. The van der Waals surface area contributed by atoms with E-state index in [4.69, 9.17) is 5.11 Å². The minimum atomic E-state index is 0.265. The maximum Gasteiger partial charge on any atom is 0.225 e. The van der Waals surface area contributed by atoms with Gasteiger partial charge in [-0.05, 0) is 26.3 Å². The first-order chi connectivity index (χ1) is 7.19. The Hall–Kier alpha value is -1.16. The Bertz CT molecular complexity index is 333. The van der Waals surface area contributed by atoms with Crippen LogP contribution >= 0.6 is 0 Å². The van der Waals surface area contributed by atoms with Crippen molar-refractivity contribution >= 4 is 5.95 Å². The van der Waals surface area contributed by atoms with Gasteiger partial charge in [-0.15, -0.1) is 0 Å². The Morgan fingerprint density at radius 2 is 2.07 bits per heavy atom. The first kappa shape index (κ1) is 10.4. The van der Waals surface area contributed by atoms with Crippen molar-refractivity contribution in [2.75, 3.05) is 24.6 Å². The quantitative estimate of drug-likeness (QED) is 0.783. The summed E-state index contributed by atoms with van der Waals surface area (Å²) >= 11 is 0. The molecule has 0 radical (unpaired) electrons. The lowest BCUT2D eigenvalue weighted by molar-refractivity contribution is 0.238. The molecule has 1 aromatic rings. The Morgan fingerprint density at radius 3 is 2.60 bits per heavy atom. The van der Waals surface area contributed by atoms with Crippen molar-refractivity contribution < 1.29 is 5.11 Å². The van der Waals surface area contributed by atoms with Gasteiger partial charge in [0.05, 0.1) is 0 Å². The molecular weight excluding hydrogens is 190 g/mol. The van der Waals surface area contributed by atoms with Crippen molar-refractivity contribution in [3.8, 4) is 0 Å². The average Bonchev–Trinajstić information content (AvgIpc) is 2.64. The Labute approximate surface area is 90.0 Å². The van der Waals surface area contributed by atoms with Gasteiger partial charge >= 0.3 is 0 Å². The summed E-state index contributed by atoms with van der Waals surface area (Å²) in [5, 5.41) is 9.07. The van der Waals surface area contributed by atoms with E-state index >= 15 is 0 Å². The summed E-state index contributed by atoms with van der Waals surface area (Å²) in [6.07, 6.45) is 1.03. The smallest absolute Gasteiger partial charge is 0.225 e. The van der Waals surface area contributed by atoms with Crippen LogP contribution in [0.5, 0.6) is 0 Å². The van der Waals surface area contributed by atoms with Gasteiger partial charge in [0.25, 0.3) is 0 Å². The van der Waals surface area contributed by atoms with Gasteiger partial charge in [0, 0.05) is 37.0 Å². The number of aromatic nitrogens is 2. The fourth-order valence-electron chi connectivity index (χ4n) is 2.01. The second-order valence-corrected chi connectivity index (χ2v) is 4.23. The van der Waals surface area contributed by atoms with E-state index < -0.39 is 0 Å². The van der Waals surface area contributed by atoms with Gasteiger partial charge in [-0.25, -0.2) is 9.97 Å². The predicted molar refractivity (Wildman–Crippen MR) is 58.9 cm³/mol. The largest absolute Gasteiger partial charge is 0.396 e. The van der Waals surface area contributed by atoms with Crippen molar-refractivity contribution in [2.24, 2.45) is 5.92 Å². The van der Waals surface area contributed by atoms with Crippen LogP contribution in [0.25, 0.3) is 0 Å². The van der Waals surface area contributed by atoms with E-state index in [0.29, 0.717) is 5.92 Å². The molecule has 0 saturated carbocycles. The van der Waals surface area contributed by atoms with Crippen molar-refractivity contribution in [3.63, 3.8) is 0 Å². The third kappa shape index (κ3) is 2.26. The molecule has 0 spiro atoms. The lowest BCUT2D eigenvalue weighted by Crippen LogP contribution is -2.23. The first-order valence-electron chi connectivity index (χ1n) is 5.37. The van der Waals surface area contributed by atoms with Gasteiger partial charge in [-0.2, -0.15) is 0 Å². The number of aliphatic hydroxyl groups is 1. The van der Waals surface area contributed by atoms with E-state index in [9.17, 15) is 0 Å². The van der Waals surface area contributed by atoms with Crippen molar-refractivity contribution in [1.82, 2.24) is 9.97 Å². The van der Waals surface area contributed by atoms with Crippen molar-refractivity contribution in [3.05, 3.63) is 17.5 Å². The summed E-state index contributed by atoms with van der Waals surface area (Å²) in [7, 11) is 0. The molecule has 1 N–H and O–H groups in total. The van der Waals surface area contributed by atoms with E-state index in [0.717, 1.165) is 36.8 Å². The van der Waals surface area contributed by atoms with Gasteiger partial charge in [0.2, 0.25) is 5.95 Å². The van der Waals surface area contributed by atoms with E-state index in [1.54, 1.807) is 0 Å². The molecule has 0 amide bonds. The standard InChI is InChI=1S/C11H17N3O/c1-8-5-9(2)13-11(12-8)14-4-3-10(6-14)7-15/h5,10,15H,3-4,6-7H2,1-2H3/t10-/m1/s1. The molecule has 1 aliphatic heterocycles. The third-order valence-corrected chi connectivity index (χ3v) is 2.80. The van der Waals surface area contributed by atoms with Crippen LogP contribution in [-0.2, 0) is 0 Å². The molecule has 2 heterocycles. The third-order valence-electron chi connectivity index (χ3n) is 2.80. The monoisotopic (exact) mass is 207 g/mol. The molecule has 1 aliphatic rings. The Kier molecular flexibility index (Phi) is 2.86. The van der Waals surface area contributed by atoms with Crippen LogP contribution < -0.4 is 4.90 Å². The fourth-order valence-corrected chi connectivity index (χ4v) is 2.01. The van der Waals surface area contributed by atoms with Gasteiger partial charge in [-0.1, -0.05) is 0 Å². The second kappa shape index (κ2) is 4.14. The number of hydrogen-bond donors (Lipinski definition) is 1. The highest BCUT2D eigenvalue weighted by Gasteiger charge is 2.23. The zero-order chi connectivity index (χ0) is 10.8. The maximum atomic E-state index is 9.07. The number of aliphatic hydroxyl groups excluding tert-OH is 1. The summed E-state index contributed by atoms with van der Waals surface area (Å²) in [6, 6.07) is 1.98. The van der Waals surface area contributed by atoms with Crippen LogP contribution in [0.2, 0.25) is 0 Å². The highest BCUT2D eigenvalue weighted by Crippen LogP contribution is 2.20. The van der Waals surface area contributed by atoms with Crippen LogP contribution in [0.1, 0.15) is 17.8 Å². The number of nitrogens with zero attached hydrogens (tertiary/aromatic N) is 3. The van der Waals surface area contributed by atoms with Crippen LogP contribution in [0, 0.1) is 19.8 Å². The molecule has 1 atom stereocenters. The first-order valence-corrected chi connectivity index (χ1v) is 5.37. The minimum Gasteiger partial charge on any atom is -0.396 e. The van der Waals surface area contributed by atoms with Gasteiger partial charge < -0.3 is 10.0 Å². The highest BCUT2D eigenvalue weighted by atomic mass is 16.3. The van der Waals surface area contributed by atoms with Gasteiger partial charge in [0.15, 0.2) is 0 Å². The predicted octanol–water partition coefficient (Wildman–Crippen LogP) is 0.912. The topological polar surface area (TPSA) is 49.2 Å². The lowest BCUT2D eigenvalue weighted by Gasteiger charge is -2.16. The summed E-state index contributed by atoms with van der Waals surface area (Å²) in [4.78, 5) is 11.0. The van der Waals surface area contributed by atoms with E-state index in [1.807, 2.05) is 19.9 Å². The van der Waals surface area contributed by atoms with Crippen LogP contribution in [0.15, 0.2) is 6.07 Å². The van der Waals surface area contributed by atoms with Crippen molar-refractivity contribution in [2.45, 2.75) is 20.3 Å². The SMILES string of the molecule is Cc1cc(C)nc(N2CC[C@@H](CO)C2)n1. The molecule has 1 saturated heterocycles. The van der Waals surface area contributed by atoms with Crippen molar-refractivity contribution in [1.29, 1.82) is 0 Å². The highest BCUT2D eigenvalue weighted by molar-refractivity contribution is 5.33. The molecule has 1 fully saturated rings. The number of hydrogen-bond acceptors (Lipinski definition) is 4. The number of rotatable bonds is 2. The van der Waals surface area contributed by atoms with Crippen LogP contribution in [-0.4, -0.2) is 34.8 Å². The summed E-state index contributed by atoms with van der Waals surface area (Å²) in [6.45, 7) is 6.06. The van der Waals surface area contributed by atoms with Gasteiger partial charge in [0.1, 0.15) is 0 Å². The molecule has 82 valence electrons. The van der Waals surface area contributed by atoms with Crippen LogP contribution in [0.4, 0.5) is 5.95 Å². The summed E-state index contributed by atoms with van der Waals surface area (Å²) in [5.41, 5.74) is 2.01. The molecule has 1 aromatic heterocycles.